The molecule has 17 heavy (non-hydrogen) atoms. The summed E-state index contributed by atoms with van der Waals surface area (Å²) >= 11 is 0. The number of piperidine rings is 1. The Morgan fingerprint density at radius 1 is 1.47 bits per heavy atom. The Morgan fingerprint density at radius 3 is 2.88 bits per heavy atom. The van der Waals surface area contributed by atoms with Crippen molar-refractivity contribution < 1.29 is 9.59 Å². The van der Waals surface area contributed by atoms with Crippen molar-refractivity contribution in [1.29, 1.82) is 0 Å². The van der Waals surface area contributed by atoms with Crippen LogP contribution in [0.15, 0.2) is 5.10 Å². The zero-order valence-corrected chi connectivity index (χ0v) is 10.0. The van der Waals surface area contributed by atoms with Gasteiger partial charge in [-0.15, -0.1) is 0 Å². The predicted octanol–water partition coefficient (Wildman–Crippen LogP) is -0.537. The Balaban J connectivity index is 1.96. The van der Waals surface area contributed by atoms with Crippen LogP contribution in [-0.2, 0) is 9.59 Å². The first-order valence-electron chi connectivity index (χ1n) is 6.02. The molecule has 2 N–H and O–H groups in total. The minimum absolute atomic E-state index is 0.0706. The first kappa shape index (κ1) is 12.0. The van der Waals surface area contributed by atoms with E-state index in [0.717, 1.165) is 25.9 Å². The van der Waals surface area contributed by atoms with Crippen LogP contribution >= 0.6 is 0 Å². The van der Waals surface area contributed by atoms with Gasteiger partial charge in [0.1, 0.15) is 5.71 Å². The minimum atomic E-state index is -0.122. The lowest BCUT2D eigenvalue weighted by Gasteiger charge is -2.32. The Hall–Kier alpha value is -1.43. The van der Waals surface area contributed by atoms with E-state index in [0.29, 0.717) is 18.6 Å². The van der Waals surface area contributed by atoms with E-state index in [1.807, 2.05) is 0 Å². The second-order valence-electron chi connectivity index (χ2n) is 4.51. The molecular weight excluding hydrogens is 220 g/mol. The van der Waals surface area contributed by atoms with E-state index in [9.17, 15) is 9.59 Å². The number of carbonyl (C=O) groups excluding carboxylic acids is 2. The summed E-state index contributed by atoms with van der Waals surface area (Å²) in [4.78, 5) is 24.8. The van der Waals surface area contributed by atoms with E-state index in [1.165, 1.54) is 0 Å². The molecular formula is C11H18N4O2. The molecule has 1 fully saturated rings. The molecule has 0 aliphatic carbocycles. The fourth-order valence-corrected chi connectivity index (χ4v) is 2.16. The number of nitrogens with zero attached hydrogens (tertiary/aromatic N) is 2. The molecule has 2 heterocycles. The molecule has 0 saturated carbocycles. The van der Waals surface area contributed by atoms with E-state index in [-0.39, 0.29) is 17.9 Å². The van der Waals surface area contributed by atoms with Gasteiger partial charge in [0.25, 0.3) is 5.91 Å². The molecule has 2 aliphatic rings. The van der Waals surface area contributed by atoms with Crippen LogP contribution in [0.4, 0.5) is 0 Å². The molecule has 0 aromatic heterocycles. The van der Waals surface area contributed by atoms with Crippen LogP contribution in [0.2, 0.25) is 0 Å². The Labute approximate surface area is 100 Å². The number of hydrogen-bond acceptors (Lipinski definition) is 4. The fraction of sp³-hybridized carbons (Fsp3) is 0.727. The molecule has 6 nitrogen and oxygen atoms in total. The third-order valence-electron chi connectivity index (χ3n) is 3.29. The normalized spacial score (nSPS) is 24.9. The van der Waals surface area contributed by atoms with Crippen molar-refractivity contribution in [3.8, 4) is 0 Å². The van der Waals surface area contributed by atoms with Gasteiger partial charge in [0.15, 0.2) is 0 Å². The van der Waals surface area contributed by atoms with Crippen LogP contribution in [0.3, 0.4) is 0 Å². The van der Waals surface area contributed by atoms with Crippen molar-refractivity contribution in [3.05, 3.63) is 0 Å². The standard InChI is InChI=1S/C11H18N4O2/c1-15(8-3-2-6-12-7-8)11(17)9-4-5-10(16)14-13-9/h8,12H,2-7H2,1H3,(H,14,16). The van der Waals surface area contributed by atoms with Gasteiger partial charge in [0.2, 0.25) is 5.91 Å². The number of nitrogens with one attached hydrogen (secondary N) is 2. The van der Waals surface area contributed by atoms with Crippen molar-refractivity contribution in [1.82, 2.24) is 15.6 Å². The highest BCUT2D eigenvalue weighted by atomic mass is 16.2. The van der Waals surface area contributed by atoms with Gasteiger partial charge < -0.3 is 10.2 Å². The van der Waals surface area contributed by atoms with Crippen molar-refractivity contribution in [2.75, 3.05) is 20.1 Å². The molecule has 2 aliphatic heterocycles. The van der Waals surface area contributed by atoms with Gasteiger partial charge >= 0.3 is 0 Å². The van der Waals surface area contributed by atoms with E-state index in [4.69, 9.17) is 0 Å². The molecule has 1 atom stereocenters. The van der Waals surface area contributed by atoms with Crippen molar-refractivity contribution in [2.24, 2.45) is 5.10 Å². The smallest absolute Gasteiger partial charge is 0.270 e. The molecule has 0 bridgehead atoms. The zero-order valence-electron chi connectivity index (χ0n) is 10.0. The molecule has 0 radical (unpaired) electrons. The van der Waals surface area contributed by atoms with Gasteiger partial charge in [-0.25, -0.2) is 5.43 Å². The summed E-state index contributed by atoms with van der Waals surface area (Å²) in [5, 5.41) is 7.11. The first-order chi connectivity index (χ1) is 8.18. The first-order valence-corrected chi connectivity index (χ1v) is 6.02. The monoisotopic (exact) mass is 238 g/mol. The van der Waals surface area contributed by atoms with Crippen LogP contribution in [0.1, 0.15) is 25.7 Å². The third-order valence-corrected chi connectivity index (χ3v) is 3.29. The Kier molecular flexibility index (Phi) is 3.73. The molecule has 1 saturated heterocycles. The van der Waals surface area contributed by atoms with Crippen LogP contribution < -0.4 is 10.7 Å². The fourth-order valence-electron chi connectivity index (χ4n) is 2.16. The minimum Gasteiger partial charge on any atom is -0.336 e. The number of rotatable bonds is 2. The third kappa shape index (κ3) is 2.82. The number of hydrazone groups is 1. The van der Waals surface area contributed by atoms with Crippen LogP contribution in [0, 0.1) is 0 Å². The van der Waals surface area contributed by atoms with Crippen molar-refractivity contribution in [2.45, 2.75) is 31.7 Å². The van der Waals surface area contributed by atoms with E-state index in [2.05, 4.69) is 15.8 Å². The summed E-state index contributed by atoms with van der Waals surface area (Å²) in [6.45, 7) is 1.86. The van der Waals surface area contributed by atoms with Gasteiger partial charge in [-0.1, -0.05) is 0 Å². The van der Waals surface area contributed by atoms with Crippen molar-refractivity contribution in [3.63, 3.8) is 0 Å². The number of carbonyl (C=O) groups is 2. The molecule has 1 unspecified atom stereocenters. The quantitative estimate of drug-likeness (QED) is 0.678. The summed E-state index contributed by atoms with van der Waals surface area (Å²) in [7, 11) is 1.80. The average Bonchev–Trinajstić information content (AvgIpc) is 2.39. The second-order valence-corrected chi connectivity index (χ2v) is 4.51. The lowest BCUT2D eigenvalue weighted by molar-refractivity contribution is -0.125. The SMILES string of the molecule is CN(C(=O)C1=NNC(=O)CC1)C1CCCNC1. The molecule has 0 aromatic carbocycles. The maximum atomic E-state index is 12.1. The Bertz CT molecular complexity index is 347. The number of amides is 2. The van der Waals surface area contributed by atoms with Gasteiger partial charge in [-0.3, -0.25) is 9.59 Å². The maximum absolute atomic E-state index is 12.1. The number of likely N-dealkylation sites (N-methyl/N-ethyl adjacent to an activating group) is 1. The average molecular weight is 238 g/mol. The van der Waals surface area contributed by atoms with Crippen LogP contribution in [0.25, 0.3) is 0 Å². The van der Waals surface area contributed by atoms with E-state index < -0.39 is 0 Å². The maximum Gasteiger partial charge on any atom is 0.270 e. The van der Waals surface area contributed by atoms with Gasteiger partial charge in [-0.2, -0.15) is 5.10 Å². The highest BCUT2D eigenvalue weighted by Crippen LogP contribution is 2.11. The predicted molar refractivity (Wildman–Crippen MR) is 63.5 cm³/mol. The van der Waals surface area contributed by atoms with Crippen molar-refractivity contribution >= 4 is 17.5 Å². The summed E-state index contributed by atoms with van der Waals surface area (Å²) in [6.07, 6.45) is 2.90. The van der Waals surface area contributed by atoms with Crippen LogP contribution in [-0.4, -0.2) is 48.6 Å². The number of hydrogen-bond donors (Lipinski definition) is 2. The summed E-state index contributed by atoms with van der Waals surface area (Å²) < 4.78 is 0. The largest absolute Gasteiger partial charge is 0.336 e. The van der Waals surface area contributed by atoms with E-state index in [1.54, 1.807) is 11.9 Å². The summed E-state index contributed by atoms with van der Waals surface area (Å²) in [5.41, 5.74) is 2.81. The zero-order chi connectivity index (χ0) is 12.3. The summed E-state index contributed by atoms with van der Waals surface area (Å²) in [6, 6.07) is 0.233. The lowest BCUT2D eigenvalue weighted by Crippen LogP contribution is -2.49. The molecule has 0 spiro atoms. The summed E-state index contributed by atoms with van der Waals surface area (Å²) in [5.74, 6) is -0.192. The highest BCUT2D eigenvalue weighted by molar-refractivity contribution is 6.39. The molecule has 6 heteroatoms. The molecule has 2 amide bonds. The Morgan fingerprint density at radius 2 is 2.29 bits per heavy atom. The molecule has 0 aromatic rings. The molecule has 2 rings (SSSR count). The lowest BCUT2D eigenvalue weighted by atomic mass is 10.0. The van der Waals surface area contributed by atoms with Gasteiger partial charge in [0, 0.05) is 32.5 Å². The second kappa shape index (κ2) is 5.27. The highest BCUT2D eigenvalue weighted by Gasteiger charge is 2.26. The molecule has 94 valence electrons. The van der Waals surface area contributed by atoms with Gasteiger partial charge in [0.05, 0.1) is 0 Å². The van der Waals surface area contributed by atoms with E-state index >= 15 is 0 Å². The topological polar surface area (TPSA) is 73.8 Å². The van der Waals surface area contributed by atoms with Crippen LogP contribution in [0.5, 0.6) is 0 Å². The van der Waals surface area contributed by atoms with Gasteiger partial charge in [-0.05, 0) is 19.4 Å².